The van der Waals surface area contributed by atoms with Crippen molar-refractivity contribution in [3.8, 4) is 0 Å². The standard InChI is InChI=1S/C28H28N2O/c1-17-7-12-22(13-8-17)29-28(31)21-11-14-24-23(16-21)25-19-9-10-20(15-19)26(25)27(30-24)18-5-3-2-4-6-18/h2-8,11-14,16,19-20,25-27,30H,9-10,15H2,1H3,(H,29,31)/t19-,20-,25-,26-,27+/m0/s1. The van der Waals surface area contributed by atoms with Crippen molar-refractivity contribution in [1.82, 2.24) is 0 Å². The Balaban J connectivity index is 1.34. The first kappa shape index (κ1) is 18.7. The molecule has 3 aromatic carbocycles. The van der Waals surface area contributed by atoms with Gasteiger partial charge in [-0.15, -0.1) is 0 Å². The third kappa shape index (κ3) is 3.15. The maximum absolute atomic E-state index is 13.0. The molecule has 0 aromatic heterocycles. The molecule has 1 heterocycles. The molecule has 6 rings (SSSR count). The van der Waals surface area contributed by atoms with Crippen LogP contribution < -0.4 is 10.6 Å². The van der Waals surface area contributed by atoms with E-state index in [1.807, 2.05) is 30.3 Å². The number of nitrogens with one attached hydrogen (secondary N) is 2. The Morgan fingerprint density at radius 2 is 1.71 bits per heavy atom. The van der Waals surface area contributed by atoms with E-state index >= 15 is 0 Å². The molecule has 1 aliphatic heterocycles. The first-order valence-electron chi connectivity index (χ1n) is 11.5. The van der Waals surface area contributed by atoms with E-state index in [9.17, 15) is 4.79 Å². The number of hydrogen-bond acceptors (Lipinski definition) is 2. The minimum atomic E-state index is -0.0310. The lowest BCUT2D eigenvalue weighted by Gasteiger charge is -2.43. The number of fused-ring (bicyclic) bond motifs is 7. The van der Waals surface area contributed by atoms with Gasteiger partial charge in [0.25, 0.3) is 5.91 Å². The van der Waals surface area contributed by atoms with Crippen LogP contribution in [0, 0.1) is 24.7 Å². The summed E-state index contributed by atoms with van der Waals surface area (Å²) in [5.41, 5.74) is 6.72. The van der Waals surface area contributed by atoms with Gasteiger partial charge in [-0.05, 0) is 91.3 Å². The van der Waals surface area contributed by atoms with Crippen LogP contribution in [-0.4, -0.2) is 5.91 Å². The van der Waals surface area contributed by atoms with Gasteiger partial charge >= 0.3 is 0 Å². The van der Waals surface area contributed by atoms with E-state index in [-0.39, 0.29) is 5.91 Å². The zero-order valence-electron chi connectivity index (χ0n) is 17.8. The summed E-state index contributed by atoms with van der Waals surface area (Å²) in [4.78, 5) is 13.0. The van der Waals surface area contributed by atoms with Crippen molar-refractivity contribution in [3.05, 3.63) is 95.1 Å². The molecule has 0 saturated heterocycles. The monoisotopic (exact) mass is 408 g/mol. The van der Waals surface area contributed by atoms with Gasteiger partial charge in [0.15, 0.2) is 0 Å². The third-order valence-electron chi connectivity index (χ3n) is 7.82. The Kier molecular flexibility index (Phi) is 4.38. The minimum Gasteiger partial charge on any atom is -0.378 e. The Morgan fingerprint density at radius 1 is 0.935 bits per heavy atom. The zero-order valence-corrected chi connectivity index (χ0v) is 17.8. The average Bonchev–Trinajstić information content (AvgIpc) is 3.43. The van der Waals surface area contributed by atoms with Crippen LogP contribution in [0.2, 0.25) is 0 Å². The van der Waals surface area contributed by atoms with Crippen LogP contribution in [0.1, 0.15) is 58.3 Å². The fraction of sp³-hybridized carbons (Fsp3) is 0.321. The maximum Gasteiger partial charge on any atom is 0.255 e. The fourth-order valence-electron chi connectivity index (χ4n) is 6.46. The number of aryl methyl sites for hydroxylation is 1. The summed E-state index contributed by atoms with van der Waals surface area (Å²) in [6.07, 6.45) is 4.01. The van der Waals surface area contributed by atoms with Crippen molar-refractivity contribution in [2.24, 2.45) is 17.8 Å². The summed E-state index contributed by atoms with van der Waals surface area (Å²) < 4.78 is 0. The molecule has 2 bridgehead atoms. The number of anilines is 2. The van der Waals surface area contributed by atoms with E-state index in [0.29, 0.717) is 17.9 Å². The normalized spacial score (nSPS) is 27.8. The number of carbonyl (C=O) groups is 1. The number of rotatable bonds is 3. The number of benzene rings is 3. The molecule has 0 radical (unpaired) electrons. The van der Waals surface area contributed by atoms with Crippen LogP contribution >= 0.6 is 0 Å². The largest absolute Gasteiger partial charge is 0.378 e. The molecule has 3 aromatic rings. The SMILES string of the molecule is Cc1ccc(NC(=O)c2ccc3c(c2)[C@@H]2[C@H]4CC[C@@H](C4)[C@@H]2[C@@H](c2ccccc2)N3)cc1. The van der Waals surface area contributed by atoms with Crippen molar-refractivity contribution in [2.75, 3.05) is 10.6 Å². The highest BCUT2D eigenvalue weighted by Crippen LogP contribution is 2.63. The van der Waals surface area contributed by atoms with E-state index < -0.39 is 0 Å². The Bertz CT molecular complexity index is 1120. The highest BCUT2D eigenvalue weighted by atomic mass is 16.1. The number of carbonyl (C=O) groups excluding carboxylic acids is 1. The van der Waals surface area contributed by atoms with Crippen molar-refractivity contribution in [1.29, 1.82) is 0 Å². The van der Waals surface area contributed by atoms with E-state index in [1.165, 1.54) is 41.6 Å². The first-order valence-corrected chi connectivity index (χ1v) is 11.5. The Morgan fingerprint density at radius 3 is 2.52 bits per heavy atom. The Labute approximate surface area is 183 Å². The summed E-state index contributed by atoms with van der Waals surface area (Å²) in [7, 11) is 0. The van der Waals surface area contributed by atoms with Gasteiger partial charge in [-0.3, -0.25) is 4.79 Å². The third-order valence-corrected chi connectivity index (χ3v) is 7.82. The van der Waals surface area contributed by atoms with Gasteiger partial charge in [0, 0.05) is 16.9 Å². The molecule has 2 saturated carbocycles. The molecule has 3 nitrogen and oxygen atoms in total. The number of hydrogen-bond donors (Lipinski definition) is 2. The van der Waals surface area contributed by atoms with Gasteiger partial charge in [0.2, 0.25) is 0 Å². The quantitative estimate of drug-likeness (QED) is 0.516. The van der Waals surface area contributed by atoms with Gasteiger partial charge in [-0.25, -0.2) is 0 Å². The topological polar surface area (TPSA) is 41.1 Å². The summed E-state index contributed by atoms with van der Waals surface area (Å²) in [6, 6.07) is 25.5. The summed E-state index contributed by atoms with van der Waals surface area (Å²) >= 11 is 0. The molecular formula is C28H28N2O. The van der Waals surface area contributed by atoms with E-state index in [2.05, 4.69) is 60.0 Å². The van der Waals surface area contributed by atoms with E-state index in [4.69, 9.17) is 0 Å². The second-order valence-electron chi connectivity index (χ2n) is 9.59. The van der Waals surface area contributed by atoms with Crippen LogP contribution in [0.4, 0.5) is 11.4 Å². The molecule has 2 N–H and O–H groups in total. The van der Waals surface area contributed by atoms with Crippen LogP contribution in [0.3, 0.4) is 0 Å². The first-order chi connectivity index (χ1) is 15.2. The van der Waals surface area contributed by atoms with Gasteiger partial charge in [0.05, 0.1) is 6.04 Å². The minimum absolute atomic E-state index is 0.0310. The Hall–Kier alpha value is -3.07. The fourth-order valence-corrected chi connectivity index (χ4v) is 6.46. The molecular weight excluding hydrogens is 380 g/mol. The molecule has 0 spiro atoms. The molecule has 156 valence electrons. The van der Waals surface area contributed by atoms with Crippen molar-refractivity contribution >= 4 is 17.3 Å². The second kappa shape index (κ2) is 7.26. The second-order valence-corrected chi connectivity index (χ2v) is 9.59. The van der Waals surface area contributed by atoms with Crippen molar-refractivity contribution < 1.29 is 4.79 Å². The summed E-state index contributed by atoms with van der Waals surface area (Å²) in [5, 5.41) is 6.92. The van der Waals surface area contributed by atoms with Crippen LogP contribution in [0.5, 0.6) is 0 Å². The van der Waals surface area contributed by atoms with Gasteiger partial charge in [0.1, 0.15) is 0 Å². The van der Waals surface area contributed by atoms with E-state index in [0.717, 1.165) is 23.1 Å². The van der Waals surface area contributed by atoms with Crippen molar-refractivity contribution in [2.45, 2.75) is 38.1 Å². The summed E-state index contributed by atoms with van der Waals surface area (Å²) in [6.45, 7) is 2.05. The van der Waals surface area contributed by atoms with E-state index in [1.54, 1.807) is 0 Å². The van der Waals surface area contributed by atoms with Gasteiger partial charge in [-0.1, -0.05) is 48.0 Å². The number of amides is 1. The van der Waals surface area contributed by atoms with Gasteiger partial charge in [-0.2, -0.15) is 0 Å². The average molecular weight is 409 g/mol. The molecule has 31 heavy (non-hydrogen) atoms. The molecule has 3 aliphatic rings. The lowest BCUT2D eigenvalue weighted by atomic mass is 9.68. The van der Waals surface area contributed by atoms with Crippen LogP contribution in [0.25, 0.3) is 0 Å². The molecule has 0 unspecified atom stereocenters. The molecule has 1 amide bonds. The smallest absolute Gasteiger partial charge is 0.255 e. The highest BCUT2D eigenvalue weighted by molar-refractivity contribution is 6.04. The lowest BCUT2D eigenvalue weighted by Crippen LogP contribution is -2.35. The lowest BCUT2D eigenvalue weighted by molar-refractivity contribution is 0.102. The highest BCUT2D eigenvalue weighted by Gasteiger charge is 2.53. The maximum atomic E-state index is 13.0. The zero-order chi connectivity index (χ0) is 20.9. The van der Waals surface area contributed by atoms with Crippen LogP contribution in [0.15, 0.2) is 72.8 Å². The molecule has 2 fully saturated rings. The summed E-state index contributed by atoms with van der Waals surface area (Å²) in [5.74, 6) is 2.66. The predicted molar refractivity (Wildman–Crippen MR) is 125 cm³/mol. The predicted octanol–water partition coefficient (Wildman–Crippen LogP) is 6.54. The molecule has 5 atom stereocenters. The van der Waals surface area contributed by atoms with Crippen molar-refractivity contribution in [3.63, 3.8) is 0 Å². The van der Waals surface area contributed by atoms with Gasteiger partial charge < -0.3 is 10.6 Å². The molecule has 2 aliphatic carbocycles. The van der Waals surface area contributed by atoms with Crippen LogP contribution in [-0.2, 0) is 0 Å². The molecule has 3 heteroatoms.